The van der Waals surface area contributed by atoms with Crippen LogP contribution in [-0.2, 0) is 11.3 Å². The van der Waals surface area contributed by atoms with Gasteiger partial charge in [0.2, 0.25) is 0 Å². The van der Waals surface area contributed by atoms with Crippen LogP contribution in [0.1, 0.15) is 23.8 Å². The van der Waals surface area contributed by atoms with Gasteiger partial charge in [-0.25, -0.2) is 0 Å². The highest BCUT2D eigenvalue weighted by atomic mass is 32.2. The molecule has 0 saturated heterocycles. The number of para-hydroxylation sites is 1. The van der Waals surface area contributed by atoms with Crippen LogP contribution in [0.3, 0.4) is 0 Å². The first kappa shape index (κ1) is 24.6. The SMILES string of the molecule is CC1=CC(C(C#N)=C2Nc3ccccc3S2)=CC(=Cc2cc(C)c3ccc(=NCc4ccccc4)cc-3o2)O1. The molecule has 0 aromatic heterocycles. The second-order valence-electron chi connectivity index (χ2n) is 9.36. The highest BCUT2D eigenvalue weighted by Gasteiger charge is 2.22. The molecular weight excluding hydrogens is 502 g/mol. The summed E-state index contributed by atoms with van der Waals surface area (Å²) in [7, 11) is 0. The third-order valence-electron chi connectivity index (χ3n) is 6.46. The van der Waals surface area contributed by atoms with Crippen molar-refractivity contribution < 1.29 is 9.15 Å². The van der Waals surface area contributed by atoms with E-state index in [2.05, 4.69) is 30.4 Å². The maximum Gasteiger partial charge on any atom is 0.137 e. The summed E-state index contributed by atoms with van der Waals surface area (Å²) in [4.78, 5) is 5.84. The molecule has 5 nitrogen and oxygen atoms in total. The van der Waals surface area contributed by atoms with Crippen molar-refractivity contribution in [2.24, 2.45) is 4.99 Å². The van der Waals surface area contributed by atoms with Crippen molar-refractivity contribution >= 4 is 23.5 Å². The zero-order chi connectivity index (χ0) is 26.8. The zero-order valence-electron chi connectivity index (χ0n) is 21.6. The molecule has 0 fully saturated rings. The summed E-state index contributed by atoms with van der Waals surface area (Å²) in [6, 6.07) is 28.6. The lowest BCUT2D eigenvalue weighted by Gasteiger charge is -2.16. The van der Waals surface area contributed by atoms with E-state index in [1.807, 2.05) is 91.9 Å². The number of ether oxygens (including phenoxy) is 1. The van der Waals surface area contributed by atoms with E-state index in [1.54, 1.807) is 11.8 Å². The molecule has 0 saturated carbocycles. The van der Waals surface area contributed by atoms with Gasteiger partial charge in [0.05, 0.1) is 28.2 Å². The van der Waals surface area contributed by atoms with Crippen molar-refractivity contribution in [1.29, 1.82) is 5.26 Å². The normalized spacial score (nSPS) is 17.2. The maximum absolute atomic E-state index is 10.1. The summed E-state index contributed by atoms with van der Waals surface area (Å²) in [6.07, 6.45) is 5.63. The molecule has 6 heteroatoms. The van der Waals surface area contributed by atoms with Crippen molar-refractivity contribution in [2.75, 3.05) is 5.32 Å². The van der Waals surface area contributed by atoms with E-state index in [4.69, 9.17) is 14.1 Å². The Bertz CT molecular complexity index is 1760. The van der Waals surface area contributed by atoms with Gasteiger partial charge in [-0.1, -0.05) is 54.2 Å². The number of nitrogens with zero attached hydrogens (tertiary/aromatic N) is 2. The van der Waals surface area contributed by atoms with Crippen molar-refractivity contribution in [3.63, 3.8) is 0 Å². The van der Waals surface area contributed by atoms with E-state index in [9.17, 15) is 5.26 Å². The molecule has 0 spiro atoms. The number of allylic oxidation sites excluding steroid dienone is 5. The molecule has 1 aliphatic carbocycles. The van der Waals surface area contributed by atoms with E-state index >= 15 is 0 Å². The van der Waals surface area contributed by atoms with Crippen LogP contribution in [0.5, 0.6) is 0 Å². The van der Waals surface area contributed by atoms with Crippen molar-refractivity contribution in [2.45, 2.75) is 25.3 Å². The Labute approximate surface area is 231 Å². The molecule has 0 amide bonds. The van der Waals surface area contributed by atoms with Gasteiger partial charge in [0.25, 0.3) is 0 Å². The van der Waals surface area contributed by atoms with E-state index in [0.29, 0.717) is 29.4 Å². The summed E-state index contributed by atoms with van der Waals surface area (Å²) in [6.45, 7) is 4.55. The van der Waals surface area contributed by atoms with E-state index in [1.165, 1.54) is 0 Å². The molecule has 190 valence electrons. The van der Waals surface area contributed by atoms with Crippen molar-refractivity contribution in [1.82, 2.24) is 0 Å². The van der Waals surface area contributed by atoms with E-state index in [-0.39, 0.29) is 0 Å². The van der Waals surface area contributed by atoms with Gasteiger partial charge in [-0.3, -0.25) is 4.99 Å². The smallest absolute Gasteiger partial charge is 0.137 e. The third-order valence-corrected chi connectivity index (χ3v) is 7.54. The summed E-state index contributed by atoms with van der Waals surface area (Å²) >= 11 is 1.56. The van der Waals surface area contributed by atoms with Gasteiger partial charge in [-0.15, -0.1) is 0 Å². The van der Waals surface area contributed by atoms with E-state index in [0.717, 1.165) is 49.0 Å². The van der Waals surface area contributed by atoms with Gasteiger partial charge in [-0.2, -0.15) is 5.26 Å². The fourth-order valence-corrected chi connectivity index (χ4v) is 5.62. The van der Waals surface area contributed by atoms with Crippen LogP contribution >= 0.6 is 11.8 Å². The maximum atomic E-state index is 10.1. The zero-order valence-corrected chi connectivity index (χ0v) is 22.4. The first-order valence-corrected chi connectivity index (χ1v) is 13.4. The number of nitrogens with one attached hydrogen (secondary N) is 1. The molecule has 6 rings (SSSR count). The Kier molecular flexibility index (Phi) is 6.66. The largest absolute Gasteiger partial charge is 0.462 e. The number of nitriles is 1. The number of rotatable bonds is 4. The lowest BCUT2D eigenvalue weighted by molar-refractivity contribution is 0.320. The van der Waals surface area contributed by atoms with Crippen LogP contribution in [0.4, 0.5) is 5.69 Å². The predicted octanol–water partition coefficient (Wildman–Crippen LogP) is 7.95. The Hall–Kier alpha value is -4.73. The highest BCUT2D eigenvalue weighted by molar-refractivity contribution is 8.03. The Morgan fingerprint density at radius 2 is 1.82 bits per heavy atom. The Morgan fingerprint density at radius 3 is 2.64 bits per heavy atom. The van der Waals surface area contributed by atoms with Crippen LogP contribution in [-0.4, -0.2) is 0 Å². The molecule has 0 unspecified atom stereocenters. The molecule has 3 heterocycles. The van der Waals surface area contributed by atoms with Crippen LogP contribution in [0.15, 0.2) is 133 Å². The van der Waals surface area contributed by atoms with Crippen LogP contribution in [0, 0.1) is 18.3 Å². The average Bonchev–Trinajstić information content (AvgIpc) is 3.36. The molecule has 2 aromatic carbocycles. The first-order valence-electron chi connectivity index (χ1n) is 12.6. The molecule has 0 atom stereocenters. The number of benzene rings is 3. The monoisotopic (exact) mass is 527 g/mol. The molecule has 0 bridgehead atoms. The number of anilines is 1. The molecule has 4 aliphatic rings. The fourth-order valence-electron chi connectivity index (χ4n) is 4.60. The Morgan fingerprint density at radius 1 is 1.00 bits per heavy atom. The van der Waals surface area contributed by atoms with Crippen LogP contribution in [0.25, 0.3) is 17.4 Å². The summed E-state index contributed by atoms with van der Waals surface area (Å²) in [5, 5.41) is 15.1. The number of aryl methyl sites for hydroxylation is 1. The van der Waals surface area contributed by atoms with Crippen LogP contribution in [0.2, 0.25) is 0 Å². The fraction of sp³-hybridized carbons (Fsp3) is 0.0909. The molecule has 3 aliphatic heterocycles. The number of hydrogen-bond acceptors (Lipinski definition) is 6. The minimum Gasteiger partial charge on any atom is -0.462 e. The van der Waals surface area contributed by atoms with Gasteiger partial charge in [0.1, 0.15) is 29.1 Å². The summed E-state index contributed by atoms with van der Waals surface area (Å²) < 4.78 is 12.3. The average molecular weight is 528 g/mol. The lowest BCUT2D eigenvalue weighted by atomic mass is 10.0. The highest BCUT2D eigenvalue weighted by Crippen LogP contribution is 2.43. The molecular formula is C33H25N3O2S. The van der Waals surface area contributed by atoms with E-state index < -0.39 is 0 Å². The van der Waals surface area contributed by atoms with Gasteiger partial charge < -0.3 is 14.5 Å². The third kappa shape index (κ3) is 5.31. The van der Waals surface area contributed by atoms with Gasteiger partial charge >= 0.3 is 0 Å². The molecule has 39 heavy (non-hydrogen) atoms. The second kappa shape index (κ2) is 10.6. The summed E-state index contributed by atoms with van der Waals surface area (Å²) in [5.74, 6) is 2.72. The molecule has 1 N–H and O–H groups in total. The van der Waals surface area contributed by atoms with Gasteiger partial charge in [-0.05, 0) is 67.5 Å². The standard InChI is InChI=1S/C33H25N3O2S/c1-21-14-26(38-31-17-25(12-13-28(21)31)35-20-23-8-4-3-5-9-23)18-27-16-24(15-22(2)37-27)29(19-34)33-36-30-10-6-7-11-32(30)39-33/h3-18,36H,20H2,1-2H3. The lowest BCUT2D eigenvalue weighted by Crippen LogP contribution is -2.04. The number of fused-ring (bicyclic) bond motifs is 2. The second-order valence-corrected chi connectivity index (χ2v) is 10.4. The Balaban J connectivity index is 1.34. The summed E-state index contributed by atoms with van der Waals surface area (Å²) in [5.41, 5.74) is 5.65. The van der Waals surface area contributed by atoms with Crippen LogP contribution < -0.4 is 10.7 Å². The topological polar surface area (TPSA) is 70.5 Å². The first-order chi connectivity index (χ1) is 19.1. The van der Waals surface area contributed by atoms with Gasteiger partial charge in [0.15, 0.2) is 0 Å². The number of thioether (sulfide) groups is 1. The minimum absolute atomic E-state index is 0.570. The molecule has 2 aromatic rings. The predicted molar refractivity (Wildman–Crippen MR) is 155 cm³/mol. The molecule has 0 radical (unpaired) electrons. The van der Waals surface area contributed by atoms with Crippen molar-refractivity contribution in [3.8, 4) is 17.4 Å². The number of hydrogen-bond donors (Lipinski definition) is 1. The van der Waals surface area contributed by atoms with Crippen molar-refractivity contribution in [3.05, 3.63) is 141 Å². The minimum atomic E-state index is 0.570. The quantitative estimate of drug-likeness (QED) is 0.273. The van der Waals surface area contributed by atoms with Gasteiger partial charge in [0, 0.05) is 28.2 Å².